The average molecular weight is 231 g/mol. The molecular weight excluding hydrogens is 217 g/mol. The van der Waals surface area contributed by atoms with E-state index in [0.29, 0.717) is 5.82 Å². The van der Waals surface area contributed by atoms with Gasteiger partial charge in [0.25, 0.3) is 0 Å². The summed E-state index contributed by atoms with van der Waals surface area (Å²) >= 11 is 0. The molecule has 0 amide bonds. The summed E-state index contributed by atoms with van der Waals surface area (Å²) in [5, 5.41) is 0. The minimum atomic E-state index is -0.276. The molecule has 1 heterocycles. The fourth-order valence-corrected chi connectivity index (χ4v) is 1.81. The average Bonchev–Trinajstić information content (AvgIpc) is 2.32. The molecule has 1 aromatic heterocycles. The number of rotatable bonds is 3. The molecule has 0 atom stereocenters. The van der Waals surface area contributed by atoms with Gasteiger partial charge in [-0.15, -0.1) is 0 Å². The Bertz CT molecular complexity index is 526. The van der Waals surface area contributed by atoms with Crippen molar-refractivity contribution in [1.82, 2.24) is 9.97 Å². The van der Waals surface area contributed by atoms with E-state index in [0.717, 1.165) is 29.7 Å². The number of hydrogen-bond acceptors (Lipinski definition) is 3. The van der Waals surface area contributed by atoms with Crippen molar-refractivity contribution in [2.75, 3.05) is 5.73 Å². The zero-order chi connectivity index (χ0) is 12.3. The van der Waals surface area contributed by atoms with Crippen LogP contribution in [0.3, 0.4) is 0 Å². The maximum absolute atomic E-state index is 13.2. The first-order valence-electron chi connectivity index (χ1n) is 5.57. The van der Waals surface area contributed by atoms with Gasteiger partial charge in [-0.1, -0.05) is 25.5 Å². The van der Waals surface area contributed by atoms with Gasteiger partial charge in [0.15, 0.2) is 0 Å². The molecule has 0 fully saturated rings. The molecule has 0 saturated heterocycles. The van der Waals surface area contributed by atoms with Crippen molar-refractivity contribution in [3.05, 3.63) is 42.0 Å². The molecule has 0 saturated carbocycles. The Hall–Kier alpha value is -1.97. The Kier molecular flexibility index (Phi) is 3.32. The summed E-state index contributed by atoms with van der Waals surface area (Å²) in [5.74, 6) is 0.197. The monoisotopic (exact) mass is 231 g/mol. The maximum atomic E-state index is 13.2. The van der Waals surface area contributed by atoms with Crippen molar-refractivity contribution in [2.24, 2.45) is 0 Å². The minimum Gasteiger partial charge on any atom is -0.383 e. The molecule has 0 aliphatic rings. The number of nitrogen functional groups attached to an aromatic ring is 1. The highest BCUT2D eigenvalue weighted by molar-refractivity contribution is 5.67. The van der Waals surface area contributed by atoms with Crippen molar-refractivity contribution in [3.63, 3.8) is 0 Å². The van der Waals surface area contributed by atoms with Crippen LogP contribution in [0.1, 0.15) is 18.9 Å². The molecule has 2 aromatic rings. The molecule has 0 aliphatic heterocycles. The first-order valence-corrected chi connectivity index (χ1v) is 5.57. The van der Waals surface area contributed by atoms with Gasteiger partial charge in [0.1, 0.15) is 18.0 Å². The molecular formula is C13H14FN3. The predicted molar refractivity (Wildman–Crippen MR) is 65.8 cm³/mol. The molecule has 0 spiro atoms. The lowest BCUT2D eigenvalue weighted by atomic mass is 10.0. The van der Waals surface area contributed by atoms with Crippen molar-refractivity contribution >= 4 is 5.82 Å². The van der Waals surface area contributed by atoms with Crippen LogP contribution in [0, 0.1) is 5.82 Å². The Balaban J connectivity index is 2.54. The van der Waals surface area contributed by atoms with Crippen LogP contribution < -0.4 is 5.73 Å². The number of halogens is 1. The Morgan fingerprint density at radius 1 is 1.29 bits per heavy atom. The van der Waals surface area contributed by atoms with Crippen LogP contribution in [-0.2, 0) is 6.42 Å². The molecule has 0 radical (unpaired) electrons. The van der Waals surface area contributed by atoms with E-state index in [9.17, 15) is 4.39 Å². The van der Waals surface area contributed by atoms with Crippen LogP contribution in [-0.4, -0.2) is 9.97 Å². The van der Waals surface area contributed by atoms with Gasteiger partial charge in [0, 0.05) is 11.1 Å². The van der Waals surface area contributed by atoms with E-state index in [-0.39, 0.29) is 5.82 Å². The largest absolute Gasteiger partial charge is 0.383 e. The van der Waals surface area contributed by atoms with Gasteiger partial charge in [-0.3, -0.25) is 0 Å². The maximum Gasteiger partial charge on any atom is 0.130 e. The second kappa shape index (κ2) is 4.91. The van der Waals surface area contributed by atoms with Crippen LogP contribution in [0.2, 0.25) is 0 Å². The lowest BCUT2D eigenvalue weighted by Gasteiger charge is -2.09. The third kappa shape index (κ3) is 2.41. The number of aromatic nitrogens is 2. The number of hydrogen-bond donors (Lipinski definition) is 1. The van der Waals surface area contributed by atoms with Crippen LogP contribution in [0.5, 0.6) is 0 Å². The first-order chi connectivity index (χ1) is 8.22. The highest BCUT2D eigenvalue weighted by Crippen LogP contribution is 2.25. The van der Waals surface area contributed by atoms with Gasteiger partial charge in [-0.2, -0.15) is 0 Å². The fourth-order valence-electron chi connectivity index (χ4n) is 1.81. The molecule has 4 heteroatoms. The topological polar surface area (TPSA) is 51.8 Å². The van der Waals surface area contributed by atoms with Crippen LogP contribution in [0.15, 0.2) is 30.6 Å². The molecule has 2 N–H and O–H groups in total. The lowest BCUT2D eigenvalue weighted by molar-refractivity contribution is 0.628. The third-order valence-corrected chi connectivity index (χ3v) is 2.58. The summed E-state index contributed by atoms with van der Waals surface area (Å²) in [5.41, 5.74) is 8.19. The standard InChI is InChI=1S/C13H14FN3/c1-2-4-11-12(16-8-17-13(11)15)9-5-3-6-10(14)7-9/h3,5-8H,2,4H2,1H3,(H2,15,16,17). The molecule has 17 heavy (non-hydrogen) atoms. The predicted octanol–water partition coefficient (Wildman–Crippen LogP) is 2.82. The number of nitrogens with two attached hydrogens (primary N) is 1. The van der Waals surface area contributed by atoms with E-state index in [4.69, 9.17) is 5.73 Å². The Morgan fingerprint density at radius 2 is 2.12 bits per heavy atom. The molecule has 0 aliphatic carbocycles. The van der Waals surface area contributed by atoms with Gasteiger partial charge in [0.2, 0.25) is 0 Å². The zero-order valence-corrected chi connectivity index (χ0v) is 9.65. The van der Waals surface area contributed by atoms with Crippen LogP contribution >= 0.6 is 0 Å². The number of benzene rings is 1. The summed E-state index contributed by atoms with van der Waals surface area (Å²) in [6.45, 7) is 2.06. The van der Waals surface area contributed by atoms with Gasteiger partial charge >= 0.3 is 0 Å². The number of anilines is 1. The molecule has 88 valence electrons. The Morgan fingerprint density at radius 3 is 2.82 bits per heavy atom. The third-order valence-electron chi connectivity index (χ3n) is 2.58. The zero-order valence-electron chi connectivity index (χ0n) is 9.65. The molecule has 1 aromatic carbocycles. The lowest BCUT2D eigenvalue weighted by Crippen LogP contribution is -2.02. The molecule has 0 bridgehead atoms. The normalized spacial score (nSPS) is 10.5. The second-order valence-electron chi connectivity index (χ2n) is 3.85. The van der Waals surface area contributed by atoms with Gasteiger partial charge in [0.05, 0.1) is 5.69 Å². The van der Waals surface area contributed by atoms with Crippen LogP contribution in [0.4, 0.5) is 10.2 Å². The molecule has 2 rings (SSSR count). The number of nitrogens with zero attached hydrogens (tertiary/aromatic N) is 2. The van der Waals surface area contributed by atoms with Crippen molar-refractivity contribution < 1.29 is 4.39 Å². The molecule has 0 unspecified atom stereocenters. The van der Waals surface area contributed by atoms with E-state index < -0.39 is 0 Å². The van der Waals surface area contributed by atoms with Gasteiger partial charge in [-0.05, 0) is 18.6 Å². The van der Waals surface area contributed by atoms with Gasteiger partial charge < -0.3 is 5.73 Å². The first kappa shape index (κ1) is 11.5. The second-order valence-corrected chi connectivity index (χ2v) is 3.85. The summed E-state index contributed by atoms with van der Waals surface area (Å²) < 4.78 is 13.2. The van der Waals surface area contributed by atoms with E-state index in [1.54, 1.807) is 6.07 Å². The summed E-state index contributed by atoms with van der Waals surface area (Å²) in [7, 11) is 0. The van der Waals surface area contributed by atoms with Crippen molar-refractivity contribution in [1.29, 1.82) is 0 Å². The molecule has 3 nitrogen and oxygen atoms in total. The van der Waals surface area contributed by atoms with Crippen LogP contribution in [0.25, 0.3) is 11.3 Å². The van der Waals surface area contributed by atoms with Gasteiger partial charge in [-0.25, -0.2) is 14.4 Å². The summed E-state index contributed by atoms with van der Waals surface area (Å²) in [4.78, 5) is 8.19. The highest BCUT2D eigenvalue weighted by Gasteiger charge is 2.10. The highest BCUT2D eigenvalue weighted by atomic mass is 19.1. The van der Waals surface area contributed by atoms with Crippen molar-refractivity contribution in [3.8, 4) is 11.3 Å². The van der Waals surface area contributed by atoms with E-state index in [2.05, 4.69) is 16.9 Å². The fraction of sp³-hybridized carbons (Fsp3) is 0.231. The van der Waals surface area contributed by atoms with E-state index in [1.807, 2.05) is 6.07 Å². The quantitative estimate of drug-likeness (QED) is 0.883. The van der Waals surface area contributed by atoms with E-state index >= 15 is 0 Å². The summed E-state index contributed by atoms with van der Waals surface area (Å²) in [6.07, 6.45) is 3.15. The summed E-state index contributed by atoms with van der Waals surface area (Å²) in [6, 6.07) is 6.36. The Labute approximate surface area is 99.5 Å². The minimum absolute atomic E-state index is 0.276. The van der Waals surface area contributed by atoms with Crippen molar-refractivity contribution in [2.45, 2.75) is 19.8 Å². The smallest absolute Gasteiger partial charge is 0.130 e. The van der Waals surface area contributed by atoms with E-state index in [1.165, 1.54) is 18.5 Å². The SMILES string of the molecule is CCCc1c(N)ncnc1-c1cccc(F)c1.